The maximum absolute atomic E-state index is 13.2. The molecule has 0 aliphatic heterocycles. The van der Waals surface area contributed by atoms with Gasteiger partial charge >= 0.3 is 41.6 Å². The molecular weight excluding hydrogens is 326 g/mol. The third-order valence-electron chi connectivity index (χ3n) is 2.13. The van der Waals surface area contributed by atoms with E-state index in [1.165, 1.54) is 0 Å². The smallest absolute Gasteiger partial charge is 0.549 e. The van der Waals surface area contributed by atoms with Crippen LogP contribution in [0.15, 0.2) is 0 Å². The number of halogens is 5. The first-order valence-corrected chi connectivity index (χ1v) is 5.69. The van der Waals surface area contributed by atoms with Gasteiger partial charge in [-0.1, -0.05) is 0 Å². The van der Waals surface area contributed by atoms with E-state index in [1.54, 1.807) is 19.0 Å². The molecule has 0 aromatic carbocycles. The third-order valence-corrected chi connectivity index (χ3v) is 2.13. The second kappa shape index (κ2) is 10.4. The van der Waals surface area contributed by atoms with Crippen LogP contribution in [0.4, 0.5) is 22.0 Å². The Hall–Kier alpha value is -0.440. The first-order valence-electron chi connectivity index (χ1n) is 5.69. The summed E-state index contributed by atoms with van der Waals surface area (Å²) in [6.45, 7) is -1.15. The maximum Gasteiger partial charge on any atom is 1.00 e. The molecule has 0 saturated carbocycles. The van der Waals surface area contributed by atoms with E-state index >= 15 is 0 Å². The van der Waals surface area contributed by atoms with Crippen LogP contribution in [0.25, 0.3) is 0 Å². The van der Waals surface area contributed by atoms with E-state index in [-0.39, 0.29) is 53.8 Å². The summed E-state index contributed by atoms with van der Waals surface area (Å²) in [5.74, 6) is -6.53. The second-order valence-electron chi connectivity index (χ2n) is 4.29. The fourth-order valence-electron chi connectivity index (χ4n) is 1.22. The molecule has 0 aliphatic carbocycles. The molecule has 0 atom stereocenters. The standard InChI is InChI=1S/C11H15F5N2O3.Na/c1-17(2)6-3-7-18(8-9(19)20)21-11(15,16)10(13,14)4-5-12;/h3,6-8H2,1-2H3,(H,19,20);/q;+1/p-1. The first-order chi connectivity index (χ1) is 9.51. The van der Waals surface area contributed by atoms with Crippen LogP contribution in [0.5, 0.6) is 0 Å². The molecule has 0 bridgehead atoms. The van der Waals surface area contributed by atoms with Crippen LogP contribution in [-0.4, -0.2) is 61.7 Å². The fraction of sp³-hybridized carbons (Fsp3) is 0.727. The number of hydroxylamine groups is 2. The summed E-state index contributed by atoms with van der Waals surface area (Å²) in [7, 11) is 3.34. The normalized spacial score (nSPS) is 11.9. The zero-order valence-electron chi connectivity index (χ0n) is 12.3. The summed E-state index contributed by atoms with van der Waals surface area (Å²) in [6.07, 6.45) is -4.85. The molecule has 0 heterocycles. The molecule has 0 spiro atoms. The number of carboxylic acids is 1. The fourth-order valence-corrected chi connectivity index (χ4v) is 1.22. The molecule has 0 N–H and O–H groups in total. The zero-order valence-corrected chi connectivity index (χ0v) is 14.3. The molecule has 5 nitrogen and oxygen atoms in total. The number of carboxylic acid groups (broad SMARTS) is 1. The molecule has 0 saturated heterocycles. The molecule has 122 valence electrons. The zero-order chi connectivity index (χ0) is 16.7. The van der Waals surface area contributed by atoms with Gasteiger partial charge in [-0.2, -0.15) is 22.6 Å². The van der Waals surface area contributed by atoms with Gasteiger partial charge in [0.25, 0.3) is 0 Å². The molecule has 22 heavy (non-hydrogen) atoms. The van der Waals surface area contributed by atoms with Crippen LogP contribution in [-0.2, 0) is 9.63 Å². The topological polar surface area (TPSA) is 55.8 Å². The van der Waals surface area contributed by atoms with Gasteiger partial charge < -0.3 is 14.8 Å². The van der Waals surface area contributed by atoms with Crippen molar-refractivity contribution in [3.63, 3.8) is 0 Å². The Morgan fingerprint density at radius 3 is 2.18 bits per heavy atom. The van der Waals surface area contributed by atoms with E-state index in [4.69, 9.17) is 0 Å². The average molecular weight is 340 g/mol. The molecule has 0 aromatic heterocycles. The number of carbonyl (C=O) groups excluding carboxylic acids is 1. The molecule has 0 amide bonds. The van der Waals surface area contributed by atoms with E-state index in [2.05, 4.69) is 4.84 Å². The van der Waals surface area contributed by atoms with Gasteiger partial charge in [0.05, 0.1) is 12.5 Å². The SMILES string of the molecule is CN(C)CCCN(CC(=O)[O-])OC(F)(F)C(F)(F)C#CF.[Na+]. The third kappa shape index (κ3) is 8.87. The van der Waals surface area contributed by atoms with Gasteiger partial charge in [-0.3, -0.25) is 0 Å². The van der Waals surface area contributed by atoms with Gasteiger partial charge in [-0.15, -0.1) is 4.39 Å². The van der Waals surface area contributed by atoms with E-state index in [9.17, 15) is 31.9 Å². The minimum atomic E-state index is -5.18. The van der Waals surface area contributed by atoms with Crippen molar-refractivity contribution in [2.24, 2.45) is 0 Å². The monoisotopic (exact) mass is 340 g/mol. The molecule has 0 aromatic rings. The van der Waals surface area contributed by atoms with Crippen LogP contribution in [0, 0.1) is 12.1 Å². The summed E-state index contributed by atoms with van der Waals surface area (Å²) >= 11 is 0. The Morgan fingerprint density at radius 1 is 1.23 bits per heavy atom. The number of carbonyl (C=O) groups is 1. The van der Waals surface area contributed by atoms with Crippen LogP contribution in [0.2, 0.25) is 0 Å². The van der Waals surface area contributed by atoms with Crippen LogP contribution in [0.3, 0.4) is 0 Å². The average Bonchev–Trinajstić information content (AvgIpc) is 2.26. The molecule has 11 heteroatoms. The summed E-state index contributed by atoms with van der Waals surface area (Å²) in [6, 6.07) is 0. The summed E-state index contributed by atoms with van der Waals surface area (Å²) < 4.78 is 63.6. The summed E-state index contributed by atoms with van der Waals surface area (Å²) in [5.41, 5.74) is 0. The number of hydrogen-bond acceptors (Lipinski definition) is 5. The van der Waals surface area contributed by atoms with E-state index in [0.29, 0.717) is 12.5 Å². The van der Waals surface area contributed by atoms with E-state index < -0.39 is 24.5 Å². The van der Waals surface area contributed by atoms with E-state index in [1.807, 2.05) is 0 Å². The largest absolute Gasteiger partial charge is 1.00 e. The van der Waals surface area contributed by atoms with Crippen molar-refractivity contribution in [3.05, 3.63) is 0 Å². The Kier molecular flexibility index (Phi) is 11.2. The first kappa shape index (κ1) is 23.8. The van der Waals surface area contributed by atoms with Gasteiger partial charge in [0.1, 0.15) is 6.17 Å². The van der Waals surface area contributed by atoms with Crippen molar-refractivity contribution < 1.29 is 66.2 Å². The van der Waals surface area contributed by atoms with Crippen LogP contribution >= 0.6 is 0 Å². The molecule has 0 radical (unpaired) electrons. The Balaban J connectivity index is 0. The molecular formula is C11H14F5N2NaO3. The Labute approximate surface area is 146 Å². The summed E-state index contributed by atoms with van der Waals surface area (Å²) in [5, 5.41) is 10.5. The Morgan fingerprint density at radius 2 is 1.77 bits per heavy atom. The summed E-state index contributed by atoms with van der Waals surface area (Å²) in [4.78, 5) is 15.8. The number of hydrogen-bond donors (Lipinski definition) is 0. The van der Waals surface area contributed by atoms with E-state index in [0.717, 1.165) is 0 Å². The van der Waals surface area contributed by atoms with Gasteiger partial charge in [0.2, 0.25) is 0 Å². The predicted molar refractivity (Wildman–Crippen MR) is 59.6 cm³/mol. The number of alkyl halides is 4. The number of nitrogens with zero attached hydrogens (tertiary/aromatic N) is 2. The number of aliphatic carboxylic acids is 1. The quantitative estimate of drug-likeness (QED) is 0.195. The number of rotatable bonds is 9. The maximum atomic E-state index is 13.2. The Bertz CT molecular complexity index is 412. The van der Waals surface area contributed by atoms with Gasteiger partial charge in [-0.25, -0.2) is 4.84 Å². The predicted octanol–water partition coefficient (Wildman–Crippen LogP) is -2.92. The molecule has 0 fully saturated rings. The molecule has 0 rings (SSSR count). The van der Waals surface area contributed by atoms with Crippen molar-refractivity contribution in [3.8, 4) is 12.1 Å². The van der Waals surface area contributed by atoms with Crippen molar-refractivity contribution >= 4 is 5.97 Å². The molecule has 0 unspecified atom stereocenters. The molecule has 0 aliphatic rings. The minimum absolute atomic E-state index is 0. The van der Waals surface area contributed by atoms with Crippen molar-refractivity contribution in [2.75, 3.05) is 33.7 Å². The van der Waals surface area contributed by atoms with Gasteiger partial charge in [-0.05, 0) is 27.1 Å². The van der Waals surface area contributed by atoms with Crippen molar-refractivity contribution in [1.82, 2.24) is 9.96 Å². The minimum Gasteiger partial charge on any atom is -0.549 e. The van der Waals surface area contributed by atoms with Crippen LogP contribution < -0.4 is 34.7 Å². The van der Waals surface area contributed by atoms with Crippen molar-refractivity contribution in [1.29, 1.82) is 0 Å². The van der Waals surface area contributed by atoms with Crippen molar-refractivity contribution in [2.45, 2.75) is 18.5 Å². The van der Waals surface area contributed by atoms with Crippen LogP contribution in [0.1, 0.15) is 6.42 Å². The second-order valence-corrected chi connectivity index (χ2v) is 4.29. The van der Waals surface area contributed by atoms with Gasteiger partial charge in [0.15, 0.2) is 0 Å². The van der Waals surface area contributed by atoms with Gasteiger partial charge in [0, 0.05) is 12.5 Å².